The molecule has 0 amide bonds. The molecule has 4 nitrogen and oxygen atoms in total. The summed E-state index contributed by atoms with van der Waals surface area (Å²) in [5.41, 5.74) is 5.58. The first-order valence-electron chi connectivity index (χ1n) is 6.33. The van der Waals surface area contributed by atoms with E-state index in [0.29, 0.717) is 0 Å². The lowest BCUT2D eigenvalue weighted by Crippen LogP contribution is -1.90. The molecule has 4 heteroatoms. The van der Waals surface area contributed by atoms with Crippen LogP contribution < -0.4 is 0 Å². The first-order valence-corrected chi connectivity index (χ1v) is 6.33. The summed E-state index contributed by atoms with van der Waals surface area (Å²) < 4.78 is 0. The molecule has 0 N–H and O–H groups in total. The van der Waals surface area contributed by atoms with Crippen molar-refractivity contribution in [2.45, 2.75) is 0 Å². The molecule has 0 saturated carbocycles. The van der Waals surface area contributed by atoms with E-state index in [4.69, 9.17) is 0 Å². The molecule has 1 aromatic carbocycles. The zero-order valence-electron chi connectivity index (χ0n) is 10.6. The summed E-state index contributed by atoms with van der Waals surface area (Å²) >= 11 is 0. The van der Waals surface area contributed by atoms with Crippen molar-refractivity contribution < 1.29 is 0 Å². The van der Waals surface area contributed by atoms with Crippen LogP contribution in [-0.2, 0) is 0 Å². The van der Waals surface area contributed by atoms with E-state index < -0.39 is 0 Å². The van der Waals surface area contributed by atoms with Gasteiger partial charge in [0.15, 0.2) is 0 Å². The second kappa shape index (κ2) is 4.35. The number of rotatable bonds is 1. The van der Waals surface area contributed by atoms with Crippen LogP contribution >= 0.6 is 0 Å². The van der Waals surface area contributed by atoms with Gasteiger partial charge in [-0.3, -0.25) is 19.9 Å². The Morgan fingerprint density at radius 2 is 1.15 bits per heavy atom. The maximum absolute atomic E-state index is 4.45. The van der Waals surface area contributed by atoms with Gasteiger partial charge < -0.3 is 0 Å². The van der Waals surface area contributed by atoms with E-state index in [1.54, 1.807) is 24.8 Å². The lowest BCUT2D eigenvalue weighted by atomic mass is 10.0. The van der Waals surface area contributed by atoms with E-state index in [9.17, 15) is 0 Å². The van der Waals surface area contributed by atoms with Crippen LogP contribution in [0, 0.1) is 0 Å². The van der Waals surface area contributed by atoms with Gasteiger partial charge in [-0.1, -0.05) is 12.1 Å². The van der Waals surface area contributed by atoms with E-state index >= 15 is 0 Å². The molecule has 20 heavy (non-hydrogen) atoms. The van der Waals surface area contributed by atoms with Crippen molar-refractivity contribution in [3.8, 4) is 11.1 Å². The molecule has 4 aromatic rings. The highest BCUT2D eigenvalue weighted by Gasteiger charge is 2.09. The van der Waals surface area contributed by atoms with Crippen LogP contribution in [0.4, 0.5) is 0 Å². The fourth-order valence-electron chi connectivity index (χ4n) is 2.41. The summed E-state index contributed by atoms with van der Waals surface area (Å²) in [6.07, 6.45) is 7.00. The van der Waals surface area contributed by atoms with Gasteiger partial charge in [0.05, 0.1) is 22.1 Å². The number of benzene rings is 1. The predicted octanol–water partition coefficient (Wildman–Crippen LogP) is 3.24. The molecule has 3 heterocycles. The quantitative estimate of drug-likeness (QED) is 0.526. The Morgan fingerprint density at radius 3 is 2.05 bits per heavy atom. The van der Waals surface area contributed by atoms with Gasteiger partial charge in [-0.25, -0.2) is 0 Å². The average Bonchev–Trinajstić information content (AvgIpc) is 2.54. The maximum Gasteiger partial charge on any atom is 0.0965 e. The van der Waals surface area contributed by atoms with Gasteiger partial charge in [0.1, 0.15) is 0 Å². The summed E-state index contributed by atoms with van der Waals surface area (Å²) in [5.74, 6) is 0. The predicted molar refractivity (Wildman–Crippen MR) is 78.1 cm³/mol. The van der Waals surface area contributed by atoms with Crippen molar-refractivity contribution >= 4 is 22.1 Å². The summed E-state index contributed by atoms with van der Waals surface area (Å²) in [5, 5.41) is 0. The minimum absolute atomic E-state index is 0.880. The normalized spacial score (nSPS) is 11.0. The van der Waals surface area contributed by atoms with Gasteiger partial charge in [0, 0.05) is 35.9 Å². The smallest absolute Gasteiger partial charge is 0.0965 e. The standard InChI is InChI=1S/C16H10N4/c1-3-11(15-13(4-1)18-9-10-20-15)12-6-8-17-14-5-2-7-19-16(12)14/h1-10H. The van der Waals surface area contributed by atoms with Crippen LogP contribution in [0.5, 0.6) is 0 Å². The van der Waals surface area contributed by atoms with Gasteiger partial charge in [0.25, 0.3) is 0 Å². The highest BCUT2D eigenvalue weighted by atomic mass is 14.8. The Labute approximate surface area is 115 Å². The van der Waals surface area contributed by atoms with Crippen molar-refractivity contribution in [1.82, 2.24) is 19.9 Å². The van der Waals surface area contributed by atoms with Gasteiger partial charge in [-0.15, -0.1) is 0 Å². The number of fused-ring (bicyclic) bond motifs is 2. The number of hydrogen-bond acceptors (Lipinski definition) is 4. The summed E-state index contributed by atoms with van der Waals surface area (Å²) in [6, 6.07) is 11.8. The molecule has 3 aromatic heterocycles. The highest BCUT2D eigenvalue weighted by Crippen LogP contribution is 2.30. The minimum atomic E-state index is 0.880. The lowest BCUT2D eigenvalue weighted by molar-refractivity contribution is 1.29. The minimum Gasteiger partial charge on any atom is -0.255 e. The molecule has 0 unspecified atom stereocenters. The molecule has 0 atom stereocenters. The number of nitrogens with zero attached hydrogens (tertiary/aromatic N) is 4. The molecule has 0 saturated heterocycles. The fourth-order valence-corrected chi connectivity index (χ4v) is 2.41. The van der Waals surface area contributed by atoms with Crippen LogP contribution in [0.15, 0.2) is 61.2 Å². The van der Waals surface area contributed by atoms with E-state index in [1.165, 1.54) is 0 Å². The summed E-state index contributed by atoms with van der Waals surface area (Å²) in [7, 11) is 0. The SMILES string of the molecule is c1cc(-c2ccnc3cccnc23)c2nccnc2c1. The second-order valence-corrected chi connectivity index (χ2v) is 4.46. The number of aromatic nitrogens is 4. The number of hydrogen-bond donors (Lipinski definition) is 0. The first-order chi connectivity index (χ1) is 9.93. The third-order valence-corrected chi connectivity index (χ3v) is 3.29. The lowest BCUT2D eigenvalue weighted by Gasteiger charge is -2.07. The number of para-hydroxylation sites is 1. The zero-order valence-corrected chi connectivity index (χ0v) is 10.6. The summed E-state index contributed by atoms with van der Waals surface area (Å²) in [6.45, 7) is 0. The molecular formula is C16H10N4. The average molecular weight is 258 g/mol. The van der Waals surface area contributed by atoms with Crippen molar-refractivity contribution in [1.29, 1.82) is 0 Å². The van der Waals surface area contributed by atoms with E-state index in [-0.39, 0.29) is 0 Å². The van der Waals surface area contributed by atoms with Crippen molar-refractivity contribution in [2.24, 2.45) is 0 Å². The van der Waals surface area contributed by atoms with Gasteiger partial charge in [-0.05, 0) is 24.3 Å². The molecule has 0 radical (unpaired) electrons. The van der Waals surface area contributed by atoms with E-state index in [2.05, 4.69) is 19.9 Å². The van der Waals surface area contributed by atoms with Gasteiger partial charge in [0.2, 0.25) is 0 Å². The monoisotopic (exact) mass is 258 g/mol. The Balaban J connectivity index is 2.12. The molecule has 0 aliphatic heterocycles. The van der Waals surface area contributed by atoms with Gasteiger partial charge in [-0.2, -0.15) is 0 Å². The molecular weight excluding hydrogens is 248 g/mol. The van der Waals surface area contributed by atoms with Crippen molar-refractivity contribution in [2.75, 3.05) is 0 Å². The van der Waals surface area contributed by atoms with Crippen LogP contribution in [0.3, 0.4) is 0 Å². The van der Waals surface area contributed by atoms with Crippen molar-refractivity contribution in [3.05, 3.63) is 61.2 Å². The molecule has 0 aliphatic rings. The summed E-state index contributed by atoms with van der Waals surface area (Å²) in [4.78, 5) is 17.6. The topological polar surface area (TPSA) is 51.6 Å². The van der Waals surface area contributed by atoms with Crippen LogP contribution in [0.25, 0.3) is 33.2 Å². The van der Waals surface area contributed by atoms with Crippen LogP contribution in [0.2, 0.25) is 0 Å². The van der Waals surface area contributed by atoms with E-state index in [1.807, 2.05) is 36.4 Å². The zero-order chi connectivity index (χ0) is 13.4. The van der Waals surface area contributed by atoms with Gasteiger partial charge >= 0.3 is 0 Å². The van der Waals surface area contributed by atoms with Crippen LogP contribution in [-0.4, -0.2) is 19.9 Å². The van der Waals surface area contributed by atoms with Crippen molar-refractivity contribution in [3.63, 3.8) is 0 Å². The van der Waals surface area contributed by atoms with Crippen LogP contribution in [0.1, 0.15) is 0 Å². The Kier molecular flexibility index (Phi) is 2.39. The van der Waals surface area contributed by atoms with E-state index in [0.717, 1.165) is 33.2 Å². The molecule has 0 bridgehead atoms. The maximum atomic E-state index is 4.45. The Bertz CT molecular complexity index is 830. The Morgan fingerprint density at radius 1 is 0.500 bits per heavy atom. The Hall–Kier alpha value is -2.88. The molecule has 0 aliphatic carbocycles. The molecule has 94 valence electrons. The molecule has 0 fully saturated rings. The second-order valence-electron chi connectivity index (χ2n) is 4.46. The number of pyridine rings is 2. The third-order valence-electron chi connectivity index (χ3n) is 3.29. The highest BCUT2D eigenvalue weighted by molar-refractivity contribution is 6.00. The molecule has 0 spiro atoms. The third kappa shape index (κ3) is 1.62. The molecule has 4 rings (SSSR count). The first kappa shape index (κ1) is 11.0. The fraction of sp³-hybridized carbons (Fsp3) is 0. The largest absolute Gasteiger partial charge is 0.255 e.